The third kappa shape index (κ3) is 4.74. The Morgan fingerprint density at radius 2 is 1.96 bits per heavy atom. The molecule has 9 heteroatoms. The maximum atomic E-state index is 12.1. The summed E-state index contributed by atoms with van der Waals surface area (Å²) in [5.74, 6) is -0.650. The Bertz CT molecular complexity index is 773. The molecule has 1 saturated carbocycles. The van der Waals surface area contributed by atoms with E-state index in [1.807, 2.05) is 4.68 Å². The molecule has 1 aromatic heterocycles. The second-order valence-corrected chi connectivity index (χ2v) is 7.10. The minimum atomic E-state index is -0.428. The van der Waals surface area contributed by atoms with Crippen molar-refractivity contribution >= 4 is 35.0 Å². The highest BCUT2D eigenvalue weighted by molar-refractivity contribution is 6.35. The van der Waals surface area contributed by atoms with E-state index in [0.29, 0.717) is 16.1 Å². The standard InChI is InChI=1S/C17H19Cl2N5O2/c18-11-1-6-15(19)14(7-11)17(26)21-8-16(25)23-12-2-4-13(5-3-12)24-10-20-9-22-24/h1,6-7,9-10,12-13H,2-5,8H2,(H,21,26)(H,23,25). The first kappa shape index (κ1) is 18.7. The first-order chi connectivity index (χ1) is 12.5. The highest BCUT2D eigenvalue weighted by Crippen LogP contribution is 2.27. The number of hydrogen-bond acceptors (Lipinski definition) is 4. The fraction of sp³-hybridized carbons (Fsp3) is 0.412. The molecule has 0 bridgehead atoms. The highest BCUT2D eigenvalue weighted by Gasteiger charge is 2.24. The molecule has 1 aliphatic rings. The van der Waals surface area contributed by atoms with Crippen LogP contribution in [0.3, 0.4) is 0 Å². The Labute approximate surface area is 161 Å². The van der Waals surface area contributed by atoms with Crippen molar-refractivity contribution in [2.45, 2.75) is 37.8 Å². The van der Waals surface area contributed by atoms with Crippen molar-refractivity contribution in [1.82, 2.24) is 25.4 Å². The van der Waals surface area contributed by atoms with Gasteiger partial charge in [-0.1, -0.05) is 23.2 Å². The van der Waals surface area contributed by atoms with Crippen LogP contribution in [0.2, 0.25) is 10.0 Å². The monoisotopic (exact) mass is 395 g/mol. The number of carbonyl (C=O) groups excluding carboxylic acids is 2. The van der Waals surface area contributed by atoms with Crippen molar-refractivity contribution in [2.24, 2.45) is 0 Å². The predicted octanol–water partition coefficient (Wildman–Crippen LogP) is 2.61. The zero-order valence-electron chi connectivity index (χ0n) is 14.0. The highest BCUT2D eigenvalue weighted by atomic mass is 35.5. The fourth-order valence-corrected chi connectivity index (χ4v) is 3.47. The van der Waals surface area contributed by atoms with Crippen molar-refractivity contribution in [3.63, 3.8) is 0 Å². The molecule has 1 aromatic carbocycles. The number of nitrogens with one attached hydrogen (secondary N) is 2. The van der Waals surface area contributed by atoms with E-state index in [4.69, 9.17) is 23.2 Å². The zero-order chi connectivity index (χ0) is 18.5. The van der Waals surface area contributed by atoms with Crippen molar-refractivity contribution in [3.8, 4) is 0 Å². The van der Waals surface area contributed by atoms with Crippen LogP contribution in [0.15, 0.2) is 30.9 Å². The number of amides is 2. The Balaban J connectivity index is 1.43. The van der Waals surface area contributed by atoms with Gasteiger partial charge in [-0.2, -0.15) is 5.10 Å². The summed E-state index contributed by atoms with van der Waals surface area (Å²) in [5.41, 5.74) is 0.250. The Kier molecular flexibility index (Phi) is 6.11. The largest absolute Gasteiger partial charge is 0.352 e. The molecule has 0 saturated heterocycles. The minimum absolute atomic E-state index is 0.105. The van der Waals surface area contributed by atoms with Gasteiger partial charge in [0.15, 0.2) is 0 Å². The van der Waals surface area contributed by atoms with Gasteiger partial charge >= 0.3 is 0 Å². The lowest BCUT2D eigenvalue weighted by Gasteiger charge is -2.29. The molecule has 2 N–H and O–H groups in total. The van der Waals surface area contributed by atoms with E-state index >= 15 is 0 Å². The molecular weight excluding hydrogens is 377 g/mol. The third-order valence-corrected chi connectivity index (χ3v) is 5.02. The molecule has 0 aliphatic heterocycles. The number of aromatic nitrogens is 3. The quantitative estimate of drug-likeness (QED) is 0.813. The number of benzene rings is 1. The molecule has 138 valence electrons. The van der Waals surface area contributed by atoms with Crippen LogP contribution in [-0.2, 0) is 4.79 Å². The number of carbonyl (C=O) groups is 2. The minimum Gasteiger partial charge on any atom is -0.352 e. The number of hydrogen-bond donors (Lipinski definition) is 2. The van der Waals surface area contributed by atoms with Crippen LogP contribution in [0.4, 0.5) is 0 Å². The maximum Gasteiger partial charge on any atom is 0.253 e. The van der Waals surface area contributed by atoms with Gasteiger partial charge in [0.05, 0.1) is 23.2 Å². The molecule has 26 heavy (non-hydrogen) atoms. The Morgan fingerprint density at radius 3 is 2.65 bits per heavy atom. The molecule has 1 aliphatic carbocycles. The van der Waals surface area contributed by atoms with Crippen LogP contribution in [0.5, 0.6) is 0 Å². The van der Waals surface area contributed by atoms with E-state index in [2.05, 4.69) is 20.7 Å². The molecule has 3 rings (SSSR count). The summed E-state index contributed by atoms with van der Waals surface area (Å²) in [6.45, 7) is -0.106. The summed E-state index contributed by atoms with van der Waals surface area (Å²) in [7, 11) is 0. The molecule has 1 fully saturated rings. The summed E-state index contributed by atoms with van der Waals surface area (Å²) in [4.78, 5) is 28.2. The summed E-state index contributed by atoms with van der Waals surface area (Å²) in [5, 5.41) is 10.4. The lowest BCUT2D eigenvalue weighted by molar-refractivity contribution is -0.121. The van der Waals surface area contributed by atoms with E-state index in [9.17, 15) is 9.59 Å². The topological polar surface area (TPSA) is 88.9 Å². The average Bonchev–Trinajstić information content (AvgIpc) is 3.17. The van der Waals surface area contributed by atoms with Gasteiger partial charge in [0, 0.05) is 11.1 Å². The molecular formula is C17H19Cl2N5O2. The molecule has 0 radical (unpaired) electrons. The van der Waals surface area contributed by atoms with Gasteiger partial charge < -0.3 is 10.6 Å². The lowest BCUT2D eigenvalue weighted by Crippen LogP contribution is -2.43. The summed E-state index contributed by atoms with van der Waals surface area (Å²) >= 11 is 11.9. The van der Waals surface area contributed by atoms with Gasteiger partial charge in [0.1, 0.15) is 12.7 Å². The van der Waals surface area contributed by atoms with E-state index < -0.39 is 5.91 Å². The van der Waals surface area contributed by atoms with Gasteiger partial charge in [-0.05, 0) is 43.9 Å². The second-order valence-electron chi connectivity index (χ2n) is 6.26. The van der Waals surface area contributed by atoms with Crippen LogP contribution < -0.4 is 10.6 Å². The zero-order valence-corrected chi connectivity index (χ0v) is 15.5. The van der Waals surface area contributed by atoms with E-state index in [1.165, 1.54) is 12.4 Å². The summed E-state index contributed by atoms with van der Waals surface area (Å²) in [6, 6.07) is 5.06. The fourth-order valence-electron chi connectivity index (χ4n) is 3.10. The summed E-state index contributed by atoms with van der Waals surface area (Å²) < 4.78 is 1.87. The van der Waals surface area contributed by atoms with Crippen molar-refractivity contribution in [2.75, 3.05) is 6.54 Å². The molecule has 2 aromatic rings. The van der Waals surface area contributed by atoms with E-state index in [-0.39, 0.29) is 24.1 Å². The summed E-state index contributed by atoms with van der Waals surface area (Å²) in [6.07, 6.45) is 6.84. The van der Waals surface area contributed by atoms with Gasteiger partial charge in [-0.3, -0.25) is 9.59 Å². The van der Waals surface area contributed by atoms with E-state index in [0.717, 1.165) is 25.7 Å². The molecule has 0 spiro atoms. The molecule has 0 atom stereocenters. The SMILES string of the molecule is O=C(CNC(=O)c1cc(Cl)ccc1Cl)NC1CCC(n2cncn2)CC1. The van der Waals surface area contributed by atoms with Crippen LogP contribution >= 0.6 is 23.2 Å². The van der Waals surface area contributed by atoms with Gasteiger partial charge in [0.2, 0.25) is 5.91 Å². The molecule has 0 unspecified atom stereocenters. The smallest absolute Gasteiger partial charge is 0.253 e. The third-order valence-electron chi connectivity index (χ3n) is 4.46. The predicted molar refractivity (Wildman–Crippen MR) is 98.3 cm³/mol. The first-order valence-electron chi connectivity index (χ1n) is 8.39. The number of halogens is 2. The normalized spacial score (nSPS) is 19.8. The number of nitrogens with zero attached hydrogens (tertiary/aromatic N) is 3. The van der Waals surface area contributed by atoms with Crippen molar-refractivity contribution in [3.05, 3.63) is 46.5 Å². The Morgan fingerprint density at radius 1 is 1.19 bits per heavy atom. The Hall–Kier alpha value is -2.12. The van der Waals surface area contributed by atoms with Gasteiger partial charge in [0.25, 0.3) is 5.91 Å². The second kappa shape index (κ2) is 8.51. The average molecular weight is 396 g/mol. The van der Waals surface area contributed by atoms with Gasteiger partial charge in [-0.15, -0.1) is 0 Å². The number of rotatable bonds is 5. The van der Waals surface area contributed by atoms with Crippen molar-refractivity contribution in [1.29, 1.82) is 0 Å². The van der Waals surface area contributed by atoms with Gasteiger partial charge in [-0.25, -0.2) is 9.67 Å². The molecule has 2 amide bonds. The van der Waals surface area contributed by atoms with Crippen molar-refractivity contribution < 1.29 is 9.59 Å². The maximum absolute atomic E-state index is 12.1. The lowest BCUT2D eigenvalue weighted by atomic mass is 9.91. The molecule has 7 nitrogen and oxygen atoms in total. The van der Waals surface area contributed by atoms with Crippen LogP contribution in [0, 0.1) is 0 Å². The van der Waals surface area contributed by atoms with Crippen LogP contribution in [0.1, 0.15) is 42.1 Å². The molecule has 1 heterocycles. The van der Waals surface area contributed by atoms with Crippen LogP contribution in [0.25, 0.3) is 0 Å². The first-order valence-corrected chi connectivity index (χ1v) is 9.15. The van der Waals surface area contributed by atoms with E-state index in [1.54, 1.807) is 18.5 Å². The van der Waals surface area contributed by atoms with Crippen LogP contribution in [-0.4, -0.2) is 39.2 Å².